The lowest BCUT2D eigenvalue weighted by Gasteiger charge is -2.24. The van der Waals surface area contributed by atoms with Gasteiger partial charge in [-0.3, -0.25) is 9.10 Å². The van der Waals surface area contributed by atoms with E-state index >= 15 is 0 Å². The summed E-state index contributed by atoms with van der Waals surface area (Å²) in [6.07, 6.45) is 1.43. The number of rotatable bonds is 11. The Morgan fingerprint density at radius 2 is 1.67 bits per heavy atom. The Bertz CT molecular complexity index is 1700. The van der Waals surface area contributed by atoms with E-state index in [0.717, 1.165) is 21.0 Å². The molecule has 11 heteroatoms. The van der Waals surface area contributed by atoms with E-state index in [-0.39, 0.29) is 11.5 Å². The number of methoxy groups -OCH3 is 1. The molecule has 42 heavy (non-hydrogen) atoms. The van der Waals surface area contributed by atoms with E-state index in [1.165, 1.54) is 25.5 Å². The molecule has 8 nitrogen and oxygen atoms in total. The number of halogens is 2. The highest BCUT2D eigenvalue weighted by Crippen LogP contribution is 2.37. The van der Waals surface area contributed by atoms with Crippen molar-refractivity contribution >= 4 is 55.4 Å². The van der Waals surface area contributed by atoms with Gasteiger partial charge in [-0.25, -0.2) is 13.8 Å². The van der Waals surface area contributed by atoms with Gasteiger partial charge in [-0.15, -0.1) is 0 Å². The Hall–Kier alpha value is -3.86. The molecule has 4 rings (SSSR count). The smallest absolute Gasteiger partial charge is 0.264 e. The third-order valence-electron chi connectivity index (χ3n) is 6.10. The van der Waals surface area contributed by atoms with E-state index in [4.69, 9.17) is 21.1 Å². The number of carbonyl (C=O) groups excluding carboxylic acids is 1. The SMILES string of the molecule is COc1cc(/C=N\NC(=O)CN(c2cc(C)cc(C)c2)S(=O)(=O)c2ccccc2)cc(Br)c1OCc1ccccc1Cl. The van der Waals surface area contributed by atoms with E-state index in [1.807, 2.05) is 38.1 Å². The molecule has 0 heterocycles. The van der Waals surface area contributed by atoms with Crippen molar-refractivity contribution < 1.29 is 22.7 Å². The molecule has 1 amide bonds. The van der Waals surface area contributed by atoms with Crippen LogP contribution in [0.3, 0.4) is 0 Å². The van der Waals surface area contributed by atoms with Crippen LogP contribution in [0.1, 0.15) is 22.3 Å². The highest BCUT2D eigenvalue weighted by molar-refractivity contribution is 9.10. The van der Waals surface area contributed by atoms with E-state index < -0.39 is 22.5 Å². The third-order valence-corrected chi connectivity index (χ3v) is 8.84. The zero-order chi connectivity index (χ0) is 30.3. The lowest BCUT2D eigenvalue weighted by atomic mass is 10.1. The molecule has 0 aromatic heterocycles. The van der Waals surface area contributed by atoms with E-state index in [2.05, 4.69) is 26.5 Å². The van der Waals surface area contributed by atoms with Crippen LogP contribution in [0.15, 0.2) is 99.4 Å². The summed E-state index contributed by atoms with van der Waals surface area (Å²) in [7, 11) is -2.52. The number of nitrogens with one attached hydrogen (secondary N) is 1. The van der Waals surface area contributed by atoms with Crippen molar-refractivity contribution in [3.63, 3.8) is 0 Å². The predicted molar refractivity (Wildman–Crippen MR) is 169 cm³/mol. The second-order valence-electron chi connectivity index (χ2n) is 9.38. The number of nitrogens with zero attached hydrogens (tertiary/aromatic N) is 2. The molecule has 0 unspecified atom stereocenters. The first-order valence-electron chi connectivity index (χ1n) is 12.8. The first kappa shape index (κ1) is 31.1. The summed E-state index contributed by atoms with van der Waals surface area (Å²) in [4.78, 5) is 13.0. The van der Waals surface area contributed by atoms with Gasteiger partial charge >= 0.3 is 0 Å². The molecule has 0 spiro atoms. The first-order chi connectivity index (χ1) is 20.1. The summed E-state index contributed by atoms with van der Waals surface area (Å²) in [6.45, 7) is 3.50. The zero-order valence-electron chi connectivity index (χ0n) is 23.2. The van der Waals surface area contributed by atoms with E-state index in [0.29, 0.717) is 32.2 Å². The number of sulfonamides is 1. The number of ether oxygens (including phenoxy) is 2. The maximum atomic E-state index is 13.6. The molecule has 1 N–H and O–H groups in total. The molecular formula is C31H29BrClN3O5S. The fourth-order valence-corrected chi connectivity index (χ4v) is 6.38. The van der Waals surface area contributed by atoms with Gasteiger partial charge < -0.3 is 9.47 Å². The molecule has 0 radical (unpaired) electrons. The Kier molecular flexibility index (Phi) is 10.3. The van der Waals surface area contributed by atoms with Crippen molar-refractivity contribution in [2.75, 3.05) is 18.0 Å². The van der Waals surface area contributed by atoms with Crippen LogP contribution in [0.4, 0.5) is 5.69 Å². The number of hydrogen-bond donors (Lipinski definition) is 1. The second kappa shape index (κ2) is 13.9. The highest BCUT2D eigenvalue weighted by atomic mass is 79.9. The largest absolute Gasteiger partial charge is 0.493 e. The standard InChI is InChI=1S/C31H29BrClN3O5S/c1-21-13-22(2)15-25(14-21)36(42(38,39)26-10-5-4-6-11-26)19-30(37)35-34-18-23-16-27(32)31(29(17-23)40-3)41-20-24-9-7-8-12-28(24)33/h4-18H,19-20H2,1-3H3,(H,35,37)/b34-18-. The minimum atomic E-state index is -4.03. The molecule has 4 aromatic carbocycles. The monoisotopic (exact) mass is 669 g/mol. The van der Waals surface area contributed by atoms with Gasteiger partial charge in [0.2, 0.25) is 0 Å². The fourth-order valence-electron chi connectivity index (χ4n) is 4.19. The molecule has 0 atom stereocenters. The maximum Gasteiger partial charge on any atom is 0.264 e. The molecule has 0 saturated heterocycles. The van der Waals surface area contributed by atoms with Gasteiger partial charge in [0.25, 0.3) is 15.9 Å². The van der Waals surface area contributed by atoms with Crippen LogP contribution in [0.25, 0.3) is 0 Å². The number of anilines is 1. The average Bonchev–Trinajstić information content (AvgIpc) is 2.95. The average molecular weight is 671 g/mol. The van der Waals surface area contributed by atoms with Crippen LogP contribution in [0.5, 0.6) is 11.5 Å². The van der Waals surface area contributed by atoms with Gasteiger partial charge in [0.1, 0.15) is 13.2 Å². The molecule has 4 aromatic rings. The van der Waals surface area contributed by atoms with Crippen molar-refractivity contribution in [3.05, 3.63) is 117 Å². The maximum absolute atomic E-state index is 13.6. The van der Waals surface area contributed by atoms with Crippen molar-refractivity contribution in [1.29, 1.82) is 0 Å². The van der Waals surface area contributed by atoms with E-state index in [1.54, 1.807) is 48.5 Å². The predicted octanol–water partition coefficient (Wildman–Crippen LogP) is 6.65. The van der Waals surface area contributed by atoms with Crippen molar-refractivity contribution in [1.82, 2.24) is 5.43 Å². The van der Waals surface area contributed by atoms with Crippen LogP contribution < -0.4 is 19.2 Å². The Balaban J connectivity index is 1.50. The Morgan fingerprint density at radius 3 is 2.33 bits per heavy atom. The molecular weight excluding hydrogens is 642 g/mol. The number of hydrogen-bond acceptors (Lipinski definition) is 6. The summed E-state index contributed by atoms with van der Waals surface area (Å²) < 4.78 is 40.3. The molecule has 0 aliphatic heterocycles. The minimum absolute atomic E-state index is 0.0780. The molecule has 0 bridgehead atoms. The molecule has 0 fully saturated rings. The fraction of sp³-hybridized carbons (Fsp3) is 0.161. The summed E-state index contributed by atoms with van der Waals surface area (Å²) in [5.74, 6) is 0.309. The van der Waals surface area contributed by atoms with Crippen molar-refractivity contribution in [2.24, 2.45) is 5.10 Å². The lowest BCUT2D eigenvalue weighted by molar-refractivity contribution is -0.119. The zero-order valence-corrected chi connectivity index (χ0v) is 26.3. The number of amides is 1. The normalized spacial score (nSPS) is 11.4. The quantitative estimate of drug-likeness (QED) is 0.142. The van der Waals surface area contributed by atoms with Crippen LogP contribution in [0, 0.1) is 13.8 Å². The van der Waals surface area contributed by atoms with Gasteiger partial charge in [0.05, 0.1) is 28.4 Å². The van der Waals surface area contributed by atoms with Crippen molar-refractivity contribution in [3.8, 4) is 11.5 Å². The van der Waals surface area contributed by atoms with Gasteiger partial charge in [0.15, 0.2) is 11.5 Å². The second-order valence-corrected chi connectivity index (χ2v) is 12.5. The minimum Gasteiger partial charge on any atom is -0.493 e. The topological polar surface area (TPSA) is 97.3 Å². The van der Waals surface area contributed by atoms with Crippen LogP contribution >= 0.6 is 27.5 Å². The number of benzene rings is 4. The lowest BCUT2D eigenvalue weighted by Crippen LogP contribution is -2.39. The van der Waals surface area contributed by atoms with Crippen molar-refractivity contribution in [2.45, 2.75) is 25.3 Å². The first-order valence-corrected chi connectivity index (χ1v) is 15.4. The Labute approximate surface area is 259 Å². The summed E-state index contributed by atoms with van der Waals surface area (Å²) in [5, 5.41) is 4.65. The summed E-state index contributed by atoms with van der Waals surface area (Å²) >= 11 is 9.74. The number of aryl methyl sites for hydroxylation is 2. The summed E-state index contributed by atoms with van der Waals surface area (Å²) in [6, 6.07) is 24.2. The van der Waals surface area contributed by atoms with Gasteiger partial charge in [-0.1, -0.05) is 54.1 Å². The van der Waals surface area contributed by atoms with E-state index in [9.17, 15) is 13.2 Å². The third kappa shape index (κ3) is 7.70. The van der Waals surface area contributed by atoms with Crippen LogP contribution in [0.2, 0.25) is 5.02 Å². The van der Waals surface area contributed by atoms with Gasteiger partial charge in [0, 0.05) is 10.6 Å². The van der Waals surface area contributed by atoms with Crippen LogP contribution in [-0.4, -0.2) is 34.2 Å². The number of hydrazone groups is 1. The summed E-state index contributed by atoms with van der Waals surface area (Å²) in [5.41, 5.74) is 5.99. The molecule has 0 saturated carbocycles. The number of carbonyl (C=O) groups is 1. The highest BCUT2D eigenvalue weighted by Gasteiger charge is 2.27. The molecule has 0 aliphatic rings. The van der Waals surface area contributed by atoms with Crippen LogP contribution in [-0.2, 0) is 21.4 Å². The molecule has 0 aliphatic carbocycles. The Morgan fingerprint density at radius 1 is 1.00 bits per heavy atom. The van der Waals surface area contributed by atoms with Gasteiger partial charge in [-0.05, 0) is 88.9 Å². The molecule has 218 valence electrons. The van der Waals surface area contributed by atoms with Gasteiger partial charge in [-0.2, -0.15) is 5.10 Å².